The number of fused-ring (bicyclic) bond motifs is 1. The highest BCUT2D eigenvalue weighted by Crippen LogP contribution is 2.32. The highest BCUT2D eigenvalue weighted by Gasteiger charge is 2.29. The second-order valence-electron chi connectivity index (χ2n) is 9.61. The molecule has 0 atom stereocenters. The van der Waals surface area contributed by atoms with E-state index in [1.807, 2.05) is 11.3 Å². The fraction of sp³-hybridized carbons (Fsp3) is 0.600. The van der Waals surface area contributed by atoms with Crippen LogP contribution in [0.3, 0.4) is 0 Å². The van der Waals surface area contributed by atoms with E-state index in [1.165, 1.54) is 41.1 Å². The minimum atomic E-state index is 0.329. The van der Waals surface area contributed by atoms with Gasteiger partial charge in [-0.1, -0.05) is 6.42 Å². The average Bonchev–Trinajstić information content (AvgIpc) is 3.20. The van der Waals surface area contributed by atoms with Crippen molar-refractivity contribution in [2.45, 2.75) is 44.7 Å². The molecule has 3 aliphatic rings. The summed E-state index contributed by atoms with van der Waals surface area (Å²) in [6, 6.07) is 9.44. The molecule has 1 aromatic heterocycles. The SMILES string of the molecule is CN(C)c1ccc(-c2nc3c(s2)CN(CCC(=O)N2CCN(C4CCC4)CC2)CC3)cc1. The molecule has 2 aliphatic heterocycles. The first-order chi connectivity index (χ1) is 15.6. The van der Waals surface area contributed by atoms with Crippen LogP contribution in [-0.2, 0) is 17.8 Å². The van der Waals surface area contributed by atoms with E-state index in [0.717, 1.165) is 63.3 Å². The van der Waals surface area contributed by atoms with Gasteiger partial charge in [0.05, 0.1) is 5.69 Å². The molecule has 0 bridgehead atoms. The Morgan fingerprint density at radius 3 is 2.50 bits per heavy atom. The van der Waals surface area contributed by atoms with Crippen LogP contribution in [0.4, 0.5) is 5.69 Å². The fourth-order valence-electron chi connectivity index (χ4n) is 4.97. The van der Waals surface area contributed by atoms with Crippen LogP contribution < -0.4 is 4.90 Å². The van der Waals surface area contributed by atoms with E-state index in [4.69, 9.17) is 4.98 Å². The lowest BCUT2D eigenvalue weighted by Gasteiger charge is -2.43. The van der Waals surface area contributed by atoms with Gasteiger partial charge in [-0.15, -0.1) is 11.3 Å². The minimum Gasteiger partial charge on any atom is -0.378 e. The molecule has 3 heterocycles. The maximum atomic E-state index is 12.8. The van der Waals surface area contributed by atoms with Gasteiger partial charge in [0.1, 0.15) is 5.01 Å². The summed E-state index contributed by atoms with van der Waals surface area (Å²) in [6.45, 7) is 6.70. The van der Waals surface area contributed by atoms with Gasteiger partial charge in [-0.05, 0) is 37.1 Å². The molecule has 2 aromatic rings. The number of thiazole rings is 1. The monoisotopic (exact) mass is 453 g/mol. The molecule has 0 N–H and O–H groups in total. The van der Waals surface area contributed by atoms with E-state index in [9.17, 15) is 4.79 Å². The van der Waals surface area contributed by atoms with Crippen molar-refractivity contribution in [1.29, 1.82) is 0 Å². The fourth-order valence-corrected chi connectivity index (χ4v) is 6.12. The molecule has 172 valence electrons. The highest BCUT2D eigenvalue weighted by molar-refractivity contribution is 7.15. The molecule has 1 aliphatic carbocycles. The van der Waals surface area contributed by atoms with E-state index in [1.54, 1.807) is 0 Å². The number of anilines is 1. The number of rotatable bonds is 6. The third-order valence-corrected chi connectivity index (χ3v) is 8.47. The van der Waals surface area contributed by atoms with Gasteiger partial charge in [0, 0.05) is 94.9 Å². The van der Waals surface area contributed by atoms with Crippen LogP contribution in [0.1, 0.15) is 36.3 Å². The van der Waals surface area contributed by atoms with Gasteiger partial charge in [-0.25, -0.2) is 4.98 Å². The molecule has 32 heavy (non-hydrogen) atoms. The molecular weight excluding hydrogens is 418 g/mol. The summed E-state index contributed by atoms with van der Waals surface area (Å²) < 4.78 is 0. The Kier molecular flexibility index (Phi) is 6.49. The third-order valence-electron chi connectivity index (χ3n) is 7.34. The third kappa shape index (κ3) is 4.70. The topological polar surface area (TPSA) is 42.9 Å². The maximum Gasteiger partial charge on any atom is 0.223 e. The number of piperazine rings is 1. The molecule has 1 saturated carbocycles. The number of amides is 1. The van der Waals surface area contributed by atoms with Crippen LogP contribution >= 0.6 is 11.3 Å². The predicted molar refractivity (Wildman–Crippen MR) is 131 cm³/mol. The second kappa shape index (κ2) is 9.49. The lowest BCUT2D eigenvalue weighted by Crippen LogP contribution is -2.53. The van der Waals surface area contributed by atoms with Gasteiger partial charge in [0.15, 0.2) is 0 Å². The normalized spacial score (nSPS) is 20.1. The quantitative estimate of drug-likeness (QED) is 0.671. The highest BCUT2D eigenvalue weighted by atomic mass is 32.1. The van der Waals surface area contributed by atoms with Crippen molar-refractivity contribution in [3.8, 4) is 10.6 Å². The van der Waals surface area contributed by atoms with Crippen LogP contribution in [0.2, 0.25) is 0 Å². The first kappa shape index (κ1) is 21.9. The van der Waals surface area contributed by atoms with Crippen LogP contribution in [0, 0.1) is 0 Å². The van der Waals surface area contributed by atoms with E-state index in [-0.39, 0.29) is 0 Å². The Morgan fingerprint density at radius 1 is 1.09 bits per heavy atom. The van der Waals surface area contributed by atoms with E-state index < -0.39 is 0 Å². The van der Waals surface area contributed by atoms with Crippen molar-refractivity contribution < 1.29 is 4.79 Å². The molecule has 1 aromatic carbocycles. The zero-order valence-electron chi connectivity index (χ0n) is 19.4. The van der Waals surface area contributed by atoms with Crippen LogP contribution in [-0.4, -0.2) is 85.0 Å². The summed E-state index contributed by atoms with van der Waals surface area (Å²) >= 11 is 1.81. The predicted octanol–water partition coefficient (Wildman–Crippen LogP) is 3.32. The molecule has 0 spiro atoms. The second-order valence-corrected chi connectivity index (χ2v) is 10.7. The number of carbonyl (C=O) groups is 1. The van der Waals surface area contributed by atoms with Gasteiger partial charge in [0.25, 0.3) is 0 Å². The lowest BCUT2D eigenvalue weighted by molar-refractivity contribution is -0.134. The Hall–Kier alpha value is -1.96. The first-order valence-electron chi connectivity index (χ1n) is 12.1. The molecular formula is C25H35N5OS. The van der Waals surface area contributed by atoms with Crippen molar-refractivity contribution in [2.24, 2.45) is 0 Å². The van der Waals surface area contributed by atoms with E-state index >= 15 is 0 Å². The van der Waals surface area contributed by atoms with Gasteiger partial charge in [-0.3, -0.25) is 14.6 Å². The molecule has 1 amide bonds. The Labute approximate surface area is 195 Å². The van der Waals surface area contributed by atoms with Crippen LogP contribution in [0.15, 0.2) is 24.3 Å². The Morgan fingerprint density at radius 2 is 1.84 bits per heavy atom. The summed E-state index contributed by atoms with van der Waals surface area (Å²) in [5.74, 6) is 0.329. The van der Waals surface area contributed by atoms with Crippen molar-refractivity contribution in [1.82, 2.24) is 19.7 Å². The molecule has 0 radical (unpaired) electrons. The number of hydrogen-bond acceptors (Lipinski definition) is 6. The number of benzene rings is 1. The molecule has 2 fully saturated rings. The van der Waals surface area contributed by atoms with Crippen LogP contribution in [0.5, 0.6) is 0 Å². The van der Waals surface area contributed by atoms with Gasteiger partial charge in [-0.2, -0.15) is 0 Å². The smallest absolute Gasteiger partial charge is 0.223 e. The van der Waals surface area contributed by atoms with Gasteiger partial charge < -0.3 is 9.80 Å². The molecule has 7 heteroatoms. The largest absolute Gasteiger partial charge is 0.378 e. The van der Waals surface area contributed by atoms with Crippen molar-refractivity contribution in [2.75, 3.05) is 58.3 Å². The zero-order chi connectivity index (χ0) is 22.1. The number of carbonyl (C=O) groups excluding carboxylic acids is 1. The van der Waals surface area contributed by atoms with Crippen LogP contribution in [0.25, 0.3) is 10.6 Å². The summed E-state index contributed by atoms with van der Waals surface area (Å²) in [7, 11) is 4.12. The Bertz CT molecular complexity index is 928. The first-order valence-corrected chi connectivity index (χ1v) is 12.9. The summed E-state index contributed by atoms with van der Waals surface area (Å²) in [6.07, 6.45) is 5.70. The van der Waals surface area contributed by atoms with E-state index in [0.29, 0.717) is 12.3 Å². The lowest BCUT2D eigenvalue weighted by atomic mass is 9.91. The summed E-state index contributed by atoms with van der Waals surface area (Å²) in [4.78, 5) is 28.3. The molecule has 6 nitrogen and oxygen atoms in total. The van der Waals surface area contributed by atoms with E-state index in [2.05, 4.69) is 58.0 Å². The van der Waals surface area contributed by atoms with Crippen molar-refractivity contribution in [3.63, 3.8) is 0 Å². The standard InChI is InChI=1S/C25H35N5OS/c1-27(2)20-8-6-19(7-9-20)25-26-22-10-12-28(18-23(22)32-25)13-11-24(31)30-16-14-29(15-17-30)21-4-3-5-21/h6-9,21H,3-5,10-18H2,1-2H3. The molecule has 0 unspecified atom stereocenters. The maximum absolute atomic E-state index is 12.8. The van der Waals surface area contributed by atoms with Crippen molar-refractivity contribution in [3.05, 3.63) is 34.8 Å². The number of aromatic nitrogens is 1. The number of nitrogens with zero attached hydrogens (tertiary/aromatic N) is 5. The number of hydrogen-bond donors (Lipinski definition) is 0. The summed E-state index contributed by atoms with van der Waals surface area (Å²) in [5.41, 5.74) is 3.64. The molecule has 5 rings (SSSR count). The minimum absolute atomic E-state index is 0.329. The van der Waals surface area contributed by atoms with Gasteiger partial charge >= 0.3 is 0 Å². The van der Waals surface area contributed by atoms with Crippen molar-refractivity contribution >= 4 is 22.9 Å². The molecule has 1 saturated heterocycles. The average molecular weight is 454 g/mol. The zero-order valence-corrected chi connectivity index (χ0v) is 20.2. The Balaban J connectivity index is 1.12. The van der Waals surface area contributed by atoms with Gasteiger partial charge in [0.2, 0.25) is 5.91 Å². The summed E-state index contributed by atoms with van der Waals surface area (Å²) in [5, 5.41) is 1.11.